The van der Waals surface area contributed by atoms with Crippen LogP contribution in [0.25, 0.3) is 0 Å². The van der Waals surface area contributed by atoms with Gasteiger partial charge in [0.25, 0.3) is 5.91 Å². The maximum absolute atomic E-state index is 12.1. The van der Waals surface area contributed by atoms with Gasteiger partial charge in [0.15, 0.2) is 6.10 Å². The molecule has 0 saturated heterocycles. The first-order valence-corrected chi connectivity index (χ1v) is 8.05. The van der Waals surface area contributed by atoms with Crippen LogP contribution in [0, 0.1) is 0 Å². The van der Waals surface area contributed by atoms with Crippen LogP contribution in [0.15, 0.2) is 24.3 Å². The Bertz CT molecular complexity index is 634. The molecule has 7 nitrogen and oxygen atoms in total. The maximum Gasteiger partial charge on any atom is 0.312 e. The molecule has 0 unspecified atom stereocenters. The van der Waals surface area contributed by atoms with Gasteiger partial charge in [0.1, 0.15) is 0 Å². The molecule has 0 aliphatic heterocycles. The number of amides is 3. The van der Waals surface area contributed by atoms with Gasteiger partial charge in [-0.3, -0.25) is 9.59 Å². The number of benzene rings is 1. The first kappa shape index (κ1) is 18.1. The predicted molar refractivity (Wildman–Crippen MR) is 88.2 cm³/mol. The molecule has 4 N–H and O–H groups in total. The Morgan fingerprint density at radius 2 is 2.00 bits per heavy atom. The molecule has 24 heavy (non-hydrogen) atoms. The van der Waals surface area contributed by atoms with Crippen molar-refractivity contribution in [3.05, 3.63) is 34.9 Å². The molecule has 0 spiro atoms. The average Bonchev–Trinajstić information content (AvgIpc) is 3.30. The molecule has 0 bridgehead atoms. The lowest BCUT2D eigenvalue weighted by atomic mass is 10.0. The van der Waals surface area contributed by atoms with Crippen LogP contribution < -0.4 is 16.4 Å². The highest BCUT2D eigenvalue weighted by atomic mass is 35.5. The Labute approximate surface area is 144 Å². The quantitative estimate of drug-likeness (QED) is 0.647. The molecule has 130 valence electrons. The Morgan fingerprint density at radius 3 is 2.58 bits per heavy atom. The summed E-state index contributed by atoms with van der Waals surface area (Å²) in [6, 6.07) is 5.45. The minimum absolute atomic E-state index is 0.186. The third kappa shape index (κ3) is 5.42. The number of nitrogens with one attached hydrogen (secondary N) is 2. The fourth-order valence-electron chi connectivity index (χ4n) is 2.18. The van der Waals surface area contributed by atoms with Crippen LogP contribution in [-0.2, 0) is 14.3 Å². The summed E-state index contributed by atoms with van der Waals surface area (Å²) in [5.74, 6) is -0.963. The first-order valence-electron chi connectivity index (χ1n) is 7.67. The third-order valence-electron chi connectivity index (χ3n) is 3.57. The van der Waals surface area contributed by atoms with E-state index in [0.29, 0.717) is 10.6 Å². The summed E-state index contributed by atoms with van der Waals surface area (Å²) in [5.41, 5.74) is 5.70. The fourth-order valence-corrected chi connectivity index (χ4v) is 2.45. The molecule has 0 aromatic heterocycles. The molecule has 1 fully saturated rings. The van der Waals surface area contributed by atoms with E-state index in [4.69, 9.17) is 22.1 Å². The van der Waals surface area contributed by atoms with Crippen molar-refractivity contribution < 1.29 is 19.1 Å². The molecular formula is C16H20ClN3O4. The van der Waals surface area contributed by atoms with Gasteiger partial charge in [-0.2, -0.15) is 0 Å². The molecule has 0 radical (unpaired) electrons. The van der Waals surface area contributed by atoms with Crippen LogP contribution in [0.2, 0.25) is 5.02 Å². The summed E-state index contributed by atoms with van der Waals surface area (Å²) in [5, 5.41) is 5.62. The van der Waals surface area contributed by atoms with Gasteiger partial charge < -0.3 is 21.1 Å². The lowest BCUT2D eigenvalue weighted by molar-refractivity contribution is -0.155. The fraction of sp³-hybridized carbons (Fsp3) is 0.438. The number of esters is 1. The number of hydrogen-bond donors (Lipinski definition) is 3. The summed E-state index contributed by atoms with van der Waals surface area (Å²) in [6.45, 7) is 1.50. The van der Waals surface area contributed by atoms with Gasteiger partial charge in [-0.15, -0.1) is 0 Å². The van der Waals surface area contributed by atoms with E-state index in [9.17, 15) is 14.4 Å². The molecule has 1 aromatic carbocycles. The molecule has 1 aliphatic rings. The zero-order valence-electron chi connectivity index (χ0n) is 13.3. The lowest BCUT2D eigenvalue weighted by Gasteiger charge is -2.20. The molecule has 8 heteroatoms. The minimum Gasteiger partial charge on any atom is -0.452 e. The summed E-state index contributed by atoms with van der Waals surface area (Å²) in [6.07, 6.45) is 0.805. The Morgan fingerprint density at radius 1 is 1.33 bits per heavy atom. The van der Waals surface area contributed by atoms with Crippen molar-refractivity contribution in [2.75, 3.05) is 0 Å². The van der Waals surface area contributed by atoms with E-state index in [2.05, 4.69) is 10.6 Å². The Balaban J connectivity index is 1.97. The highest BCUT2D eigenvalue weighted by molar-refractivity contribution is 6.31. The molecule has 2 atom stereocenters. The summed E-state index contributed by atoms with van der Waals surface area (Å²) in [7, 11) is 0. The van der Waals surface area contributed by atoms with Crippen molar-refractivity contribution in [2.24, 2.45) is 5.73 Å². The molecule has 2 rings (SSSR count). The van der Waals surface area contributed by atoms with Gasteiger partial charge in [0, 0.05) is 11.1 Å². The van der Waals surface area contributed by atoms with E-state index in [1.165, 1.54) is 6.92 Å². The Kier molecular flexibility index (Phi) is 6.03. The minimum atomic E-state index is -0.904. The van der Waals surface area contributed by atoms with E-state index in [0.717, 1.165) is 12.8 Å². The van der Waals surface area contributed by atoms with Crippen molar-refractivity contribution in [2.45, 2.75) is 44.4 Å². The van der Waals surface area contributed by atoms with E-state index < -0.39 is 24.1 Å². The maximum atomic E-state index is 12.1. The normalized spacial score (nSPS) is 15.9. The van der Waals surface area contributed by atoms with Gasteiger partial charge >= 0.3 is 12.0 Å². The summed E-state index contributed by atoms with van der Waals surface area (Å²) < 4.78 is 5.13. The van der Waals surface area contributed by atoms with Gasteiger partial charge in [0.2, 0.25) is 0 Å². The Hall–Kier alpha value is -2.28. The van der Waals surface area contributed by atoms with Crippen LogP contribution in [0.4, 0.5) is 4.79 Å². The molecule has 0 heterocycles. The number of urea groups is 1. The molecule has 1 aromatic rings. The number of primary amides is 1. The number of nitrogens with two attached hydrogens (primary N) is 1. The van der Waals surface area contributed by atoms with Gasteiger partial charge in [-0.1, -0.05) is 29.8 Å². The highest BCUT2D eigenvalue weighted by Crippen LogP contribution is 2.25. The molecule has 1 saturated carbocycles. The smallest absolute Gasteiger partial charge is 0.312 e. The lowest BCUT2D eigenvalue weighted by Crippen LogP contribution is -2.38. The van der Waals surface area contributed by atoms with Crippen molar-refractivity contribution in [1.29, 1.82) is 0 Å². The monoisotopic (exact) mass is 353 g/mol. The first-order chi connectivity index (χ1) is 11.4. The largest absolute Gasteiger partial charge is 0.452 e. The second-order valence-corrected chi connectivity index (χ2v) is 6.11. The number of ether oxygens (including phenoxy) is 1. The summed E-state index contributed by atoms with van der Waals surface area (Å²) >= 11 is 6.10. The van der Waals surface area contributed by atoms with Crippen LogP contribution in [-0.4, -0.2) is 30.1 Å². The van der Waals surface area contributed by atoms with Crippen LogP contribution >= 0.6 is 11.6 Å². The van der Waals surface area contributed by atoms with Crippen LogP contribution in [0.1, 0.15) is 37.8 Å². The van der Waals surface area contributed by atoms with Crippen molar-refractivity contribution in [3.8, 4) is 0 Å². The van der Waals surface area contributed by atoms with Crippen LogP contribution in [0.3, 0.4) is 0 Å². The number of rotatable bonds is 7. The highest BCUT2D eigenvalue weighted by Gasteiger charge is 2.28. The predicted octanol–water partition coefficient (Wildman–Crippen LogP) is 1.65. The zero-order valence-corrected chi connectivity index (χ0v) is 14.0. The molecule has 1 aliphatic carbocycles. The third-order valence-corrected chi connectivity index (χ3v) is 3.91. The summed E-state index contributed by atoms with van der Waals surface area (Å²) in [4.78, 5) is 35.1. The second-order valence-electron chi connectivity index (χ2n) is 5.70. The van der Waals surface area contributed by atoms with Crippen LogP contribution in [0.5, 0.6) is 0 Å². The van der Waals surface area contributed by atoms with E-state index in [1.54, 1.807) is 24.3 Å². The van der Waals surface area contributed by atoms with E-state index in [-0.39, 0.29) is 18.4 Å². The van der Waals surface area contributed by atoms with E-state index in [1.807, 2.05) is 0 Å². The van der Waals surface area contributed by atoms with Gasteiger partial charge in [-0.05, 0) is 31.4 Å². The number of carbonyl (C=O) groups excluding carboxylic acids is 3. The SMILES string of the molecule is C[C@@H](OC(=O)C[C@H](NC(N)=O)c1ccccc1Cl)C(=O)NC1CC1. The molecule has 3 amide bonds. The van der Waals surface area contributed by atoms with Crippen molar-refractivity contribution in [3.63, 3.8) is 0 Å². The topological polar surface area (TPSA) is 111 Å². The van der Waals surface area contributed by atoms with Crippen molar-refractivity contribution in [1.82, 2.24) is 10.6 Å². The number of hydrogen-bond acceptors (Lipinski definition) is 4. The average molecular weight is 354 g/mol. The number of halogens is 1. The zero-order chi connectivity index (χ0) is 17.7. The standard InChI is InChI=1S/C16H20ClN3O4/c1-9(15(22)19-10-6-7-10)24-14(21)8-13(20-16(18)23)11-4-2-3-5-12(11)17/h2-5,9-10,13H,6-8H2,1H3,(H,19,22)(H3,18,20,23)/t9-,13+/m1/s1. The van der Waals surface area contributed by atoms with Gasteiger partial charge in [0.05, 0.1) is 12.5 Å². The number of carbonyl (C=O) groups is 3. The van der Waals surface area contributed by atoms with E-state index >= 15 is 0 Å². The molecular weight excluding hydrogens is 334 g/mol. The van der Waals surface area contributed by atoms with Gasteiger partial charge in [-0.25, -0.2) is 4.79 Å². The van der Waals surface area contributed by atoms with Crippen molar-refractivity contribution >= 4 is 29.5 Å². The second kappa shape index (κ2) is 8.01.